The molecule has 36 heavy (non-hydrogen) atoms. The Bertz CT molecular complexity index is 1100. The molecule has 0 spiro atoms. The molecule has 1 aromatic carbocycles. The number of carbonyl (C=O) groups excluding carboxylic acids is 1. The largest absolute Gasteiger partial charge is 0.467 e. The number of aromatic nitrogens is 2. The van der Waals surface area contributed by atoms with Crippen LogP contribution in [0.1, 0.15) is 44.4 Å². The van der Waals surface area contributed by atoms with Gasteiger partial charge in [-0.25, -0.2) is 14.8 Å². The molecule has 0 saturated carbocycles. The van der Waals surface area contributed by atoms with Crippen molar-refractivity contribution in [2.75, 3.05) is 43.1 Å². The Labute approximate surface area is 209 Å². The number of fused-ring (bicyclic) bond motifs is 1. The SMILES string of the molecule is COc1ncc(N2CCc3c(C(F)(F)F)ccc(N4CCN(C(=O)OC(C)(C)C)[C@H](C)C4)c3C2)cn1. The molecule has 2 aliphatic rings. The van der Waals surface area contributed by atoms with E-state index in [9.17, 15) is 18.0 Å². The van der Waals surface area contributed by atoms with Crippen molar-refractivity contribution in [3.63, 3.8) is 0 Å². The van der Waals surface area contributed by atoms with E-state index in [2.05, 4.69) is 14.9 Å². The van der Waals surface area contributed by atoms with Crippen LogP contribution in [0, 0.1) is 0 Å². The first-order chi connectivity index (χ1) is 16.9. The molecule has 4 rings (SSSR count). The fourth-order valence-electron chi connectivity index (χ4n) is 4.79. The van der Waals surface area contributed by atoms with Crippen LogP contribution in [0.2, 0.25) is 0 Å². The van der Waals surface area contributed by atoms with Gasteiger partial charge in [-0.1, -0.05) is 0 Å². The average molecular weight is 508 g/mol. The zero-order valence-corrected chi connectivity index (χ0v) is 21.2. The maximum Gasteiger partial charge on any atom is 0.416 e. The Morgan fingerprint density at radius 2 is 1.72 bits per heavy atom. The van der Waals surface area contributed by atoms with E-state index in [0.29, 0.717) is 49.5 Å². The summed E-state index contributed by atoms with van der Waals surface area (Å²) in [4.78, 5) is 26.6. The number of amides is 1. The van der Waals surface area contributed by atoms with Gasteiger partial charge in [0.2, 0.25) is 0 Å². The third kappa shape index (κ3) is 5.44. The lowest BCUT2D eigenvalue weighted by Crippen LogP contribution is -2.55. The summed E-state index contributed by atoms with van der Waals surface area (Å²) < 4.78 is 52.2. The Morgan fingerprint density at radius 3 is 2.31 bits per heavy atom. The topological polar surface area (TPSA) is 71.0 Å². The molecule has 1 saturated heterocycles. The fourth-order valence-corrected chi connectivity index (χ4v) is 4.79. The second kappa shape index (κ2) is 9.67. The number of hydrogen-bond acceptors (Lipinski definition) is 7. The number of alkyl halides is 3. The van der Waals surface area contributed by atoms with E-state index in [-0.39, 0.29) is 24.6 Å². The maximum atomic E-state index is 13.9. The molecule has 1 aromatic heterocycles. The van der Waals surface area contributed by atoms with Crippen LogP contribution in [-0.2, 0) is 23.9 Å². The van der Waals surface area contributed by atoms with Crippen molar-refractivity contribution < 1.29 is 27.4 Å². The molecule has 2 aliphatic heterocycles. The summed E-state index contributed by atoms with van der Waals surface area (Å²) in [6.45, 7) is 9.49. The first kappa shape index (κ1) is 25.8. The van der Waals surface area contributed by atoms with Crippen molar-refractivity contribution in [2.45, 2.75) is 58.5 Å². The quantitative estimate of drug-likeness (QED) is 0.605. The second-order valence-corrected chi connectivity index (χ2v) is 10.2. The number of nitrogens with zero attached hydrogens (tertiary/aromatic N) is 5. The molecule has 1 fully saturated rings. The summed E-state index contributed by atoms with van der Waals surface area (Å²) in [6.07, 6.45) is -1.33. The van der Waals surface area contributed by atoms with Gasteiger partial charge in [0.15, 0.2) is 0 Å². The van der Waals surface area contributed by atoms with Crippen LogP contribution < -0.4 is 14.5 Å². The molecule has 1 atom stereocenters. The minimum Gasteiger partial charge on any atom is -0.467 e. The van der Waals surface area contributed by atoms with Gasteiger partial charge >= 0.3 is 18.3 Å². The third-order valence-corrected chi connectivity index (χ3v) is 6.45. The standard InChI is InChI=1S/C25H32F3N5O3/c1-16-14-32(10-11-33(16)23(34)36-24(2,3)4)21-7-6-20(25(26,27)28)18-8-9-31(15-19(18)21)17-12-29-22(35-5)30-13-17/h6-7,12-13,16H,8-11,14-15H2,1-5H3/t16-/m1/s1. The van der Waals surface area contributed by atoms with Crippen LogP contribution >= 0.6 is 0 Å². The van der Waals surface area contributed by atoms with Gasteiger partial charge < -0.3 is 24.2 Å². The molecule has 0 bridgehead atoms. The molecule has 8 nitrogen and oxygen atoms in total. The van der Waals surface area contributed by atoms with Gasteiger partial charge in [-0.05, 0) is 57.4 Å². The van der Waals surface area contributed by atoms with Crippen molar-refractivity contribution in [1.82, 2.24) is 14.9 Å². The molecule has 0 unspecified atom stereocenters. The molecule has 0 radical (unpaired) electrons. The minimum atomic E-state index is -4.43. The minimum absolute atomic E-state index is 0.166. The number of piperazine rings is 1. The lowest BCUT2D eigenvalue weighted by molar-refractivity contribution is -0.138. The molecule has 1 amide bonds. The Morgan fingerprint density at radius 1 is 1.03 bits per heavy atom. The van der Waals surface area contributed by atoms with Gasteiger partial charge in [0.05, 0.1) is 30.8 Å². The van der Waals surface area contributed by atoms with Gasteiger partial charge in [-0.15, -0.1) is 0 Å². The average Bonchev–Trinajstić information content (AvgIpc) is 2.81. The molecule has 3 heterocycles. The van der Waals surface area contributed by atoms with Crippen LogP contribution in [-0.4, -0.2) is 65.9 Å². The first-order valence-corrected chi connectivity index (χ1v) is 11.9. The Kier molecular flexibility index (Phi) is 6.94. The van der Waals surface area contributed by atoms with E-state index < -0.39 is 17.3 Å². The summed E-state index contributed by atoms with van der Waals surface area (Å²) in [5.41, 5.74) is 1.25. The lowest BCUT2D eigenvalue weighted by Gasteiger charge is -2.43. The number of anilines is 2. The molecule has 0 aliphatic carbocycles. The lowest BCUT2D eigenvalue weighted by atomic mass is 9.91. The summed E-state index contributed by atoms with van der Waals surface area (Å²) in [5, 5.41) is 0. The summed E-state index contributed by atoms with van der Waals surface area (Å²) in [7, 11) is 1.47. The zero-order chi connectivity index (χ0) is 26.3. The van der Waals surface area contributed by atoms with Crippen LogP contribution in [0.15, 0.2) is 24.5 Å². The Hall–Kier alpha value is -3.24. The number of rotatable bonds is 3. The molecule has 11 heteroatoms. The fraction of sp³-hybridized carbons (Fsp3) is 0.560. The van der Waals surface area contributed by atoms with Crippen molar-refractivity contribution in [2.24, 2.45) is 0 Å². The van der Waals surface area contributed by atoms with Crippen LogP contribution in [0.4, 0.5) is 29.3 Å². The van der Waals surface area contributed by atoms with E-state index in [1.165, 1.54) is 13.2 Å². The predicted molar refractivity (Wildman–Crippen MR) is 129 cm³/mol. The van der Waals surface area contributed by atoms with Gasteiger partial charge in [0.25, 0.3) is 0 Å². The van der Waals surface area contributed by atoms with Gasteiger partial charge in [-0.3, -0.25) is 0 Å². The van der Waals surface area contributed by atoms with Crippen molar-refractivity contribution in [3.8, 4) is 6.01 Å². The molecule has 196 valence electrons. The molecular formula is C25H32F3N5O3. The smallest absolute Gasteiger partial charge is 0.416 e. The summed E-state index contributed by atoms with van der Waals surface area (Å²) in [6, 6.07) is 2.81. The number of benzene rings is 1. The van der Waals surface area contributed by atoms with Crippen LogP contribution in [0.25, 0.3) is 0 Å². The second-order valence-electron chi connectivity index (χ2n) is 10.2. The number of halogens is 3. The summed E-state index contributed by atoms with van der Waals surface area (Å²) in [5.74, 6) is 0. The molecule has 2 aromatic rings. The zero-order valence-electron chi connectivity index (χ0n) is 21.2. The number of hydrogen-bond donors (Lipinski definition) is 0. The van der Waals surface area contributed by atoms with E-state index in [1.807, 2.05) is 32.6 Å². The van der Waals surface area contributed by atoms with Crippen LogP contribution in [0.5, 0.6) is 6.01 Å². The normalized spacial score (nSPS) is 18.7. The summed E-state index contributed by atoms with van der Waals surface area (Å²) >= 11 is 0. The van der Waals surface area contributed by atoms with Crippen molar-refractivity contribution in [1.29, 1.82) is 0 Å². The highest BCUT2D eigenvalue weighted by Crippen LogP contribution is 2.40. The van der Waals surface area contributed by atoms with Gasteiger partial charge in [0, 0.05) is 44.5 Å². The number of carbonyl (C=O) groups is 1. The number of ether oxygens (including phenoxy) is 2. The third-order valence-electron chi connectivity index (χ3n) is 6.45. The number of methoxy groups -OCH3 is 1. The van der Waals surface area contributed by atoms with E-state index in [1.54, 1.807) is 23.4 Å². The molecule has 0 N–H and O–H groups in total. The van der Waals surface area contributed by atoms with E-state index >= 15 is 0 Å². The highest BCUT2D eigenvalue weighted by molar-refractivity contribution is 5.70. The molecular weight excluding hydrogens is 475 g/mol. The van der Waals surface area contributed by atoms with E-state index in [0.717, 1.165) is 5.69 Å². The van der Waals surface area contributed by atoms with Crippen molar-refractivity contribution in [3.05, 3.63) is 41.2 Å². The van der Waals surface area contributed by atoms with Crippen LogP contribution in [0.3, 0.4) is 0 Å². The predicted octanol–water partition coefficient (Wildman–Crippen LogP) is 4.51. The van der Waals surface area contributed by atoms with Crippen molar-refractivity contribution >= 4 is 17.5 Å². The van der Waals surface area contributed by atoms with Gasteiger partial charge in [0.1, 0.15) is 5.60 Å². The Balaban J connectivity index is 1.62. The van der Waals surface area contributed by atoms with Gasteiger partial charge in [-0.2, -0.15) is 13.2 Å². The monoisotopic (exact) mass is 507 g/mol. The first-order valence-electron chi connectivity index (χ1n) is 11.9. The van der Waals surface area contributed by atoms with E-state index in [4.69, 9.17) is 9.47 Å². The highest BCUT2D eigenvalue weighted by Gasteiger charge is 2.38. The highest BCUT2D eigenvalue weighted by atomic mass is 19.4. The maximum absolute atomic E-state index is 13.9.